The van der Waals surface area contributed by atoms with E-state index in [9.17, 15) is 0 Å². The van der Waals surface area contributed by atoms with E-state index in [1.807, 2.05) is 12.1 Å². The molecule has 8 aromatic carbocycles. The van der Waals surface area contributed by atoms with Crippen LogP contribution >= 0.6 is 0 Å². The highest BCUT2D eigenvalue weighted by Gasteiger charge is 2.19. The van der Waals surface area contributed by atoms with Gasteiger partial charge in [0.25, 0.3) is 0 Å². The molecule has 0 aliphatic rings. The van der Waals surface area contributed by atoms with E-state index in [2.05, 4.69) is 170 Å². The molecule has 0 bridgehead atoms. The summed E-state index contributed by atoms with van der Waals surface area (Å²) in [5.41, 5.74) is 11.3. The molecule has 0 aliphatic heterocycles. The van der Waals surface area contributed by atoms with Crippen LogP contribution in [-0.2, 0) is 0 Å². The third-order valence-corrected chi connectivity index (χ3v) is 9.93. The van der Waals surface area contributed by atoms with Crippen molar-refractivity contribution in [3.05, 3.63) is 182 Å². The lowest BCUT2D eigenvalue weighted by Crippen LogP contribution is -1.97. The Hall–Kier alpha value is -6.84. The summed E-state index contributed by atoms with van der Waals surface area (Å²) in [5.74, 6) is 0.694. The molecule has 3 nitrogen and oxygen atoms in total. The Labute approximate surface area is 295 Å². The van der Waals surface area contributed by atoms with E-state index in [4.69, 9.17) is 14.4 Å². The summed E-state index contributed by atoms with van der Waals surface area (Å²) >= 11 is 0. The average molecular weight is 651 g/mol. The summed E-state index contributed by atoms with van der Waals surface area (Å²) in [4.78, 5) is 10.4. The fourth-order valence-corrected chi connectivity index (χ4v) is 7.44. The number of hydrogen-bond donors (Lipinski definition) is 0. The van der Waals surface area contributed by atoms with E-state index in [1.165, 1.54) is 16.5 Å². The Balaban J connectivity index is 1.15. The predicted octanol–water partition coefficient (Wildman–Crippen LogP) is 13.0. The number of nitrogens with zero attached hydrogens (tertiary/aromatic N) is 2. The van der Waals surface area contributed by atoms with Crippen molar-refractivity contribution in [1.29, 1.82) is 0 Å². The zero-order valence-corrected chi connectivity index (χ0v) is 27.6. The first-order valence-corrected chi connectivity index (χ1v) is 17.2. The molecular weight excluding hydrogens is 621 g/mol. The van der Waals surface area contributed by atoms with Gasteiger partial charge in [0.1, 0.15) is 11.2 Å². The van der Waals surface area contributed by atoms with Crippen LogP contribution in [0.15, 0.2) is 186 Å². The molecule has 0 amide bonds. The molecule has 0 saturated carbocycles. The van der Waals surface area contributed by atoms with Gasteiger partial charge in [-0.15, -0.1) is 0 Å². The fraction of sp³-hybridized carbons (Fsp3) is 0. The Kier molecular flexibility index (Phi) is 6.81. The second-order valence-corrected chi connectivity index (χ2v) is 12.9. The maximum Gasteiger partial charge on any atom is 0.161 e. The Bertz CT molecular complexity index is 2890. The van der Waals surface area contributed by atoms with Crippen molar-refractivity contribution in [3.8, 4) is 56.2 Å². The summed E-state index contributed by atoms with van der Waals surface area (Å²) in [6.07, 6.45) is 0. The Morgan fingerprint density at radius 1 is 0.353 bits per heavy atom. The van der Waals surface area contributed by atoms with E-state index >= 15 is 0 Å². The molecule has 2 aromatic heterocycles. The lowest BCUT2D eigenvalue weighted by Gasteiger charge is -2.14. The number of aromatic nitrogens is 2. The van der Waals surface area contributed by atoms with Crippen LogP contribution in [0.5, 0.6) is 0 Å². The second kappa shape index (κ2) is 11.9. The minimum atomic E-state index is 0.694. The molecule has 0 spiro atoms. The molecule has 10 aromatic rings. The molecule has 0 atom stereocenters. The van der Waals surface area contributed by atoms with Crippen LogP contribution in [0.25, 0.3) is 99.6 Å². The van der Waals surface area contributed by atoms with Crippen molar-refractivity contribution >= 4 is 43.5 Å². The summed E-state index contributed by atoms with van der Waals surface area (Å²) in [5, 5.41) is 6.78. The highest BCUT2D eigenvalue weighted by molar-refractivity contribution is 6.21. The minimum absolute atomic E-state index is 0.694. The molecule has 0 unspecified atom stereocenters. The standard InChI is InChI=1S/C48H30N2O/c1-3-12-31(13-4-1)32-22-24-35(25-23-32)44-30-43(34-15-5-2-6-16-34)49-48(50-44)41-29-28-39(37-18-9-10-19-38(37)41)40-20-11-21-45-46(40)42-27-26-33-14-7-8-17-36(33)47(42)51-45/h1-30H. The zero-order valence-electron chi connectivity index (χ0n) is 27.6. The van der Waals surface area contributed by atoms with Crippen molar-refractivity contribution in [1.82, 2.24) is 9.97 Å². The Morgan fingerprint density at radius 3 is 1.67 bits per heavy atom. The molecule has 238 valence electrons. The average Bonchev–Trinajstić information content (AvgIpc) is 3.61. The summed E-state index contributed by atoms with van der Waals surface area (Å²) in [6, 6.07) is 63.7. The molecule has 0 aliphatic carbocycles. The van der Waals surface area contributed by atoms with Gasteiger partial charge in [0, 0.05) is 32.8 Å². The van der Waals surface area contributed by atoms with E-state index in [0.717, 1.165) is 77.3 Å². The number of hydrogen-bond acceptors (Lipinski definition) is 3. The zero-order chi connectivity index (χ0) is 33.7. The molecular formula is C48H30N2O. The SMILES string of the molecule is c1ccc(-c2ccc(-c3cc(-c4ccccc4)nc(-c4ccc(-c5cccc6oc7c8ccccc8ccc7c56)c5ccccc45)n3)cc2)cc1. The summed E-state index contributed by atoms with van der Waals surface area (Å²) in [7, 11) is 0. The van der Waals surface area contributed by atoms with Gasteiger partial charge in [0.05, 0.1) is 11.4 Å². The maximum atomic E-state index is 6.56. The van der Waals surface area contributed by atoms with Crippen LogP contribution in [0.3, 0.4) is 0 Å². The van der Waals surface area contributed by atoms with Crippen molar-refractivity contribution < 1.29 is 4.42 Å². The van der Waals surface area contributed by atoms with Crippen molar-refractivity contribution in [2.45, 2.75) is 0 Å². The van der Waals surface area contributed by atoms with Crippen LogP contribution in [-0.4, -0.2) is 9.97 Å². The lowest BCUT2D eigenvalue weighted by atomic mass is 9.92. The molecule has 51 heavy (non-hydrogen) atoms. The van der Waals surface area contributed by atoms with Gasteiger partial charge < -0.3 is 4.42 Å². The molecule has 0 fully saturated rings. The van der Waals surface area contributed by atoms with E-state index in [1.54, 1.807) is 0 Å². The van der Waals surface area contributed by atoms with Crippen LogP contribution in [0.2, 0.25) is 0 Å². The smallest absolute Gasteiger partial charge is 0.161 e. The number of rotatable bonds is 5. The second-order valence-electron chi connectivity index (χ2n) is 12.9. The monoisotopic (exact) mass is 650 g/mol. The van der Waals surface area contributed by atoms with Gasteiger partial charge in [-0.1, -0.05) is 158 Å². The van der Waals surface area contributed by atoms with Crippen molar-refractivity contribution in [2.24, 2.45) is 0 Å². The minimum Gasteiger partial charge on any atom is -0.455 e. The number of benzene rings is 8. The van der Waals surface area contributed by atoms with Crippen LogP contribution in [0.4, 0.5) is 0 Å². The predicted molar refractivity (Wildman–Crippen MR) is 212 cm³/mol. The normalized spacial score (nSPS) is 11.5. The highest BCUT2D eigenvalue weighted by Crippen LogP contribution is 2.43. The first-order chi connectivity index (χ1) is 25.3. The third kappa shape index (κ3) is 4.98. The molecule has 0 saturated heterocycles. The van der Waals surface area contributed by atoms with E-state index < -0.39 is 0 Å². The van der Waals surface area contributed by atoms with Crippen LogP contribution in [0, 0.1) is 0 Å². The molecule has 0 radical (unpaired) electrons. The summed E-state index contributed by atoms with van der Waals surface area (Å²) < 4.78 is 6.56. The van der Waals surface area contributed by atoms with Crippen LogP contribution in [0.1, 0.15) is 0 Å². The Morgan fingerprint density at radius 2 is 0.922 bits per heavy atom. The van der Waals surface area contributed by atoms with Gasteiger partial charge in [0.15, 0.2) is 5.82 Å². The molecule has 10 rings (SSSR count). The van der Waals surface area contributed by atoms with E-state index in [-0.39, 0.29) is 0 Å². The van der Waals surface area contributed by atoms with Crippen LogP contribution < -0.4 is 0 Å². The highest BCUT2D eigenvalue weighted by atomic mass is 16.3. The van der Waals surface area contributed by atoms with Crippen molar-refractivity contribution in [2.75, 3.05) is 0 Å². The van der Waals surface area contributed by atoms with Gasteiger partial charge >= 0.3 is 0 Å². The van der Waals surface area contributed by atoms with Gasteiger partial charge in [-0.05, 0) is 62.7 Å². The maximum absolute atomic E-state index is 6.56. The molecule has 3 heteroatoms. The molecule has 0 N–H and O–H groups in total. The topological polar surface area (TPSA) is 38.9 Å². The van der Waals surface area contributed by atoms with Gasteiger partial charge in [-0.2, -0.15) is 0 Å². The fourth-order valence-electron chi connectivity index (χ4n) is 7.44. The number of furan rings is 1. The van der Waals surface area contributed by atoms with Gasteiger partial charge in [-0.25, -0.2) is 9.97 Å². The number of fused-ring (bicyclic) bond motifs is 6. The third-order valence-electron chi connectivity index (χ3n) is 9.93. The largest absolute Gasteiger partial charge is 0.455 e. The van der Waals surface area contributed by atoms with Gasteiger partial charge in [0.2, 0.25) is 0 Å². The lowest BCUT2D eigenvalue weighted by molar-refractivity contribution is 0.673. The summed E-state index contributed by atoms with van der Waals surface area (Å²) in [6.45, 7) is 0. The first-order valence-electron chi connectivity index (χ1n) is 17.2. The quantitative estimate of drug-likeness (QED) is 0.186. The van der Waals surface area contributed by atoms with Gasteiger partial charge in [-0.3, -0.25) is 0 Å². The van der Waals surface area contributed by atoms with Crippen molar-refractivity contribution in [3.63, 3.8) is 0 Å². The van der Waals surface area contributed by atoms with E-state index in [0.29, 0.717) is 5.82 Å². The molecule has 2 heterocycles. The first kappa shape index (κ1) is 29.1.